The molecule has 1 aliphatic rings. The van der Waals surface area contributed by atoms with Gasteiger partial charge in [0.15, 0.2) is 11.6 Å². The van der Waals surface area contributed by atoms with Crippen LogP contribution in [0, 0.1) is 11.6 Å². The fraction of sp³-hybridized carbons (Fsp3) is 0.500. The summed E-state index contributed by atoms with van der Waals surface area (Å²) in [5, 5.41) is -0.0377. The van der Waals surface area contributed by atoms with Crippen LogP contribution in [0.5, 0.6) is 0 Å². The smallest absolute Gasteiger partial charge is 0.255 e. The average molecular weight is 288 g/mol. The van der Waals surface area contributed by atoms with Crippen LogP contribution in [0.15, 0.2) is 12.1 Å². The quantitative estimate of drug-likeness (QED) is 0.752. The number of nitrogens with zero attached hydrogens (tertiary/aromatic N) is 1. The Kier molecular flexibility index (Phi) is 4.40. The molecule has 0 unspecified atom stereocenters. The fourth-order valence-electron chi connectivity index (χ4n) is 2.53. The van der Waals surface area contributed by atoms with Gasteiger partial charge in [-0.3, -0.25) is 4.79 Å². The highest BCUT2D eigenvalue weighted by atomic mass is 35.5. The number of piperidine rings is 1. The number of halogens is 3. The Hall–Kier alpha value is -1.16. The zero-order valence-electron chi connectivity index (χ0n) is 10.8. The first-order valence-electron chi connectivity index (χ1n) is 6.50. The predicted molar refractivity (Wildman–Crippen MR) is 70.3 cm³/mol. The predicted octanol–water partition coefficient (Wildman–Crippen LogP) is 4.02. The molecule has 0 spiro atoms. The van der Waals surface area contributed by atoms with Gasteiger partial charge in [-0.05, 0) is 37.8 Å². The molecular formula is C14H16ClF2NO. The second-order valence-corrected chi connectivity index (χ2v) is 5.21. The number of hydrogen-bond acceptors (Lipinski definition) is 1. The van der Waals surface area contributed by atoms with E-state index >= 15 is 0 Å². The molecule has 1 atom stereocenters. The van der Waals surface area contributed by atoms with E-state index < -0.39 is 11.6 Å². The number of amides is 1. The van der Waals surface area contributed by atoms with Gasteiger partial charge in [0.1, 0.15) is 0 Å². The van der Waals surface area contributed by atoms with Crippen LogP contribution in [-0.4, -0.2) is 23.4 Å². The van der Waals surface area contributed by atoms with E-state index in [9.17, 15) is 13.6 Å². The number of carbonyl (C=O) groups is 1. The lowest BCUT2D eigenvalue weighted by molar-refractivity contribution is 0.0607. The van der Waals surface area contributed by atoms with E-state index in [0.29, 0.717) is 6.54 Å². The molecule has 2 rings (SSSR count). The van der Waals surface area contributed by atoms with Gasteiger partial charge in [-0.2, -0.15) is 0 Å². The van der Waals surface area contributed by atoms with Gasteiger partial charge in [0.2, 0.25) is 0 Å². The van der Waals surface area contributed by atoms with Crippen molar-refractivity contribution < 1.29 is 13.6 Å². The molecule has 1 aromatic carbocycles. The number of hydrogen-bond donors (Lipinski definition) is 0. The van der Waals surface area contributed by atoms with E-state index in [2.05, 4.69) is 0 Å². The third-order valence-corrected chi connectivity index (χ3v) is 3.91. The van der Waals surface area contributed by atoms with Crippen molar-refractivity contribution in [2.75, 3.05) is 6.54 Å². The summed E-state index contributed by atoms with van der Waals surface area (Å²) < 4.78 is 26.3. The van der Waals surface area contributed by atoms with Crippen LogP contribution >= 0.6 is 11.6 Å². The minimum atomic E-state index is -1.04. The van der Waals surface area contributed by atoms with E-state index in [4.69, 9.17) is 11.6 Å². The van der Waals surface area contributed by atoms with Gasteiger partial charge < -0.3 is 4.90 Å². The first-order chi connectivity index (χ1) is 9.04. The molecule has 1 heterocycles. The lowest BCUT2D eigenvalue weighted by atomic mass is 9.99. The van der Waals surface area contributed by atoms with Gasteiger partial charge in [0.05, 0.1) is 10.6 Å². The summed E-state index contributed by atoms with van der Waals surface area (Å²) in [7, 11) is 0. The van der Waals surface area contributed by atoms with Gasteiger partial charge in [-0.1, -0.05) is 18.5 Å². The van der Waals surface area contributed by atoms with Gasteiger partial charge in [-0.25, -0.2) is 8.78 Å². The average Bonchev–Trinajstić information content (AvgIpc) is 2.42. The Morgan fingerprint density at radius 1 is 1.37 bits per heavy atom. The Labute approximate surface area is 116 Å². The van der Waals surface area contributed by atoms with Crippen molar-refractivity contribution in [3.05, 3.63) is 34.4 Å². The molecule has 1 aromatic rings. The molecule has 2 nitrogen and oxygen atoms in total. The Bertz CT molecular complexity index is 493. The highest BCUT2D eigenvalue weighted by Gasteiger charge is 2.28. The van der Waals surface area contributed by atoms with Crippen molar-refractivity contribution in [1.82, 2.24) is 4.90 Å². The molecule has 104 valence electrons. The summed E-state index contributed by atoms with van der Waals surface area (Å²) in [6.45, 7) is 2.66. The highest BCUT2D eigenvalue weighted by Crippen LogP contribution is 2.26. The molecule has 0 bridgehead atoms. The van der Waals surface area contributed by atoms with Gasteiger partial charge in [0, 0.05) is 12.6 Å². The summed E-state index contributed by atoms with van der Waals surface area (Å²) in [4.78, 5) is 14.1. The highest BCUT2D eigenvalue weighted by molar-refractivity contribution is 6.33. The maximum absolute atomic E-state index is 13.3. The molecule has 19 heavy (non-hydrogen) atoms. The maximum atomic E-state index is 13.3. The zero-order valence-corrected chi connectivity index (χ0v) is 11.5. The number of carbonyl (C=O) groups excluding carboxylic acids is 1. The molecule has 0 saturated carbocycles. The molecule has 5 heteroatoms. The molecular weight excluding hydrogens is 272 g/mol. The van der Waals surface area contributed by atoms with Crippen molar-refractivity contribution >= 4 is 17.5 Å². The van der Waals surface area contributed by atoms with Crippen LogP contribution in [0.3, 0.4) is 0 Å². The number of benzene rings is 1. The standard InChI is InChI=1S/C14H16ClF2NO/c1-2-9-5-3-4-6-18(9)14(19)10-7-12(16)13(17)8-11(10)15/h7-9H,2-6H2,1H3/t9-/m1/s1. The van der Waals surface area contributed by atoms with Crippen LogP contribution < -0.4 is 0 Å². The lowest BCUT2D eigenvalue weighted by Crippen LogP contribution is -2.43. The van der Waals surface area contributed by atoms with E-state index in [1.807, 2.05) is 6.92 Å². The monoisotopic (exact) mass is 287 g/mol. The molecule has 1 amide bonds. The van der Waals surface area contributed by atoms with Crippen LogP contribution in [-0.2, 0) is 0 Å². The summed E-state index contributed by atoms with van der Waals surface area (Å²) in [6.07, 6.45) is 3.83. The van der Waals surface area contributed by atoms with Crippen molar-refractivity contribution in [1.29, 1.82) is 0 Å². The molecule has 1 aliphatic heterocycles. The molecule has 0 aliphatic carbocycles. The fourth-order valence-corrected chi connectivity index (χ4v) is 2.76. The third-order valence-electron chi connectivity index (χ3n) is 3.60. The summed E-state index contributed by atoms with van der Waals surface area (Å²) in [6, 6.07) is 1.90. The van der Waals surface area contributed by atoms with E-state index in [0.717, 1.165) is 37.8 Å². The third kappa shape index (κ3) is 2.89. The molecule has 1 saturated heterocycles. The van der Waals surface area contributed by atoms with Crippen LogP contribution in [0.2, 0.25) is 5.02 Å². The second-order valence-electron chi connectivity index (χ2n) is 4.80. The van der Waals surface area contributed by atoms with Crippen molar-refractivity contribution in [3.8, 4) is 0 Å². The minimum absolute atomic E-state index is 0.0377. The van der Waals surface area contributed by atoms with Crippen molar-refractivity contribution in [2.24, 2.45) is 0 Å². The van der Waals surface area contributed by atoms with Crippen LogP contribution in [0.1, 0.15) is 43.0 Å². The lowest BCUT2D eigenvalue weighted by Gasteiger charge is -2.35. The largest absolute Gasteiger partial charge is 0.336 e. The molecule has 0 aromatic heterocycles. The van der Waals surface area contributed by atoms with E-state index in [-0.39, 0.29) is 22.5 Å². The Morgan fingerprint density at radius 3 is 2.74 bits per heavy atom. The first-order valence-corrected chi connectivity index (χ1v) is 6.88. The first kappa shape index (κ1) is 14.3. The Balaban J connectivity index is 2.30. The van der Waals surface area contributed by atoms with E-state index in [1.54, 1.807) is 4.90 Å². The summed E-state index contributed by atoms with van der Waals surface area (Å²) in [5.74, 6) is -2.39. The van der Waals surface area contributed by atoms with Crippen molar-refractivity contribution in [2.45, 2.75) is 38.6 Å². The van der Waals surface area contributed by atoms with Crippen molar-refractivity contribution in [3.63, 3.8) is 0 Å². The normalized spacial score (nSPS) is 19.6. The van der Waals surface area contributed by atoms with Gasteiger partial charge >= 0.3 is 0 Å². The SMILES string of the molecule is CC[C@@H]1CCCCN1C(=O)c1cc(F)c(F)cc1Cl. The van der Waals surface area contributed by atoms with Crippen LogP contribution in [0.25, 0.3) is 0 Å². The summed E-state index contributed by atoms with van der Waals surface area (Å²) >= 11 is 5.85. The van der Waals surface area contributed by atoms with Gasteiger partial charge in [-0.15, -0.1) is 0 Å². The second kappa shape index (κ2) is 5.87. The minimum Gasteiger partial charge on any atom is -0.336 e. The number of rotatable bonds is 2. The number of likely N-dealkylation sites (tertiary alicyclic amines) is 1. The molecule has 0 radical (unpaired) electrons. The topological polar surface area (TPSA) is 20.3 Å². The van der Waals surface area contributed by atoms with E-state index in [1.165, 1.54) is 0 Å². The summed E-state index contributed by atoms with van der Waals surface area (Å²) in [5.41, 5.74) is 0.0425. The van der Waals surface area contributed by atoms with Gasteiger partial charge in [0.25, 0.3) is 5.91 Å². The molecule has 1 fully saturated rings. The maximum Gasteiger partial charge on any atom is 0.255 e. The zero-order chi connectivity index (χ0) is 14.0. The van der Waals surface area contributed by atoms with Crippen LogP contribution in [0.4, 0.5) is 8.78 Å². The Morgan fingerprint density at radius 2 is 2.05 bits per heavy atom. The molecule has 0 N–H and O–H groups in total.